The fraction of sp³-hybridized carbons (Fsp3) is 0.389. The third kappa shape index (κ3) is 4.54. The van der Waals surface area contributed by atoms with E-state index >= 15 is 0 Å². The Bertz CT molecular complexity index is 844. The fourth-order valence-electron chi connectivity index (χ4n) is 2.69. The van der Waals surface area contributed by atoms with Crippen molar-refractivity contribution in [3.05, 3.63) is 35.0 Å². The third-order valence-electron chi connectivity index (χ3n) is 4.11. The number of aliphatic carboxylic acids is 1. The Morgan fingerprint density at radius 3 is 2.54 bits per heavy atom. The molecule has 140 valence electrons. The van der Waals surface area contributed by atoms with Crippen LogP contribution in [0.25, 0.3) is 10.9 Å². The van der Waals surface area contributed by atoms with Crippen LogP contribution in [0.1, 0.15) is 30.8 Å². The van der Waals surface area contributed by atoms with Gasteiger partial charge in [-0.3, -0.25) is 14.4 Å². The molecule has 8 heteroatoms. The molecule has 1 aromatic heterocycles. The molecule has 0 fully saturated rings. The summed E-state index contributed by atoms with van der Waals surface area (Å²) in [6.07, 6.45) is -0.172. The van der Waals surface area contributed by atoms with Gasteiger partial charge in [0.05, 0.1) is 6.42 Å². The minimum absolute atomic E-state index is 0.0137. The van der Waals surface area contributed by atoms with E-state index in [0.29, 0.717) is 10.7 Å². The predicted octanol–water partition coefficient (Wildman–Crippen LogP) is 2.18. The van der Waals surface area contributed by atoms with Gasteiger partial charge >= 0.3 is 5.97 Å². The molecule has 26 heavy (non-hydrogen) atoms. The lowest BCUT2D eigenvalue weighted by molar-refractivity contribution is -0.137. The molecule has 0 radical (unpaired) electrons. The molecule has 1 aromatic carbocycles. The van der Waals surface area contributed by atoms with Gasteiger partial charge in [-0.1, -0.05) is 25.4 Å². The highest BCUT2D eigenvalue weighted by molar-refractivity contribution is 6.31. The van der Waals surface area contributed by atoms with Crippen molar-refractivity contribution in [3.8, 4) is 0 Å². The lowest BCUT2D eigenvalue weighted by Gasteiger charge is -2.21. The van der Waals surface area contributed by atoms with Crippen LogP contribution in [-0.2, 0) is 16.6 Å². The molecule has 1 atom stereocenters. The number of halogens is 1. The number of hydrogen-bond donors (Lipinski definition) is 3. The second-order valence-electron chi connectivity index (χ2n) is 6.42. The van der Waals surface area contributed by atoms with Crippen LogP contribution < -0.4 is 10.6 Å². The van der Waals surface area contributed by atoms with Gasteiger partial charge in [0, 0.05) is 29.5 Å². The molecule has 2 aromatic rings. The number of nitrogens with zero attached hydrogens (tertiary/aromatic N) is 1. The number of amides is 2. The second-order valence-corrected chi connectivity index (χ2v) is 6.86. The molecule has 2 rings (SSSR count). The van der Waals surface area contributed by atoms with Crippen LogP contribution in [0, 0.1) is 5.92 Å². The third-order valence-corrected chi connectivity index (χ3v) is 4.35. The summed E-state index contributed by atoms with van der Waals surface area (Å²) in [6, 6.07) is 6.30. The van der Waals surface area contributed by atoms with Crippen molar-refractivity contribution >= 4 is 40.3 Å². The Labute approximate surface area is 156 Å². The number of nitrogens with one attached hydrogen (secondary N) is 2. The van der Waals surface area contributed by atoms with Crippen LogP contribution >= 0.6 is 11.6 Å². The normalized spacial score (nSPS) is 12.2. The van der Waals surface area contributed by atoms with Gasteiger partial charge in [0.15, 0.2) is 0 Å². The smallest absolute Gasteiger partial charge is 0.305 e. The van der Waals surface area contributed by atoms with Gasteiger partial charge in [0.1, 0.15) is 11.7 Å². The Morgan fingerprint density at radius 1 is 1.23 bits per heavy atom. The summed E-state index contributed by atoms with van der Waals surface area (Å²) in [5.74, 6) is -1.94. The summed E-state index contributed by atoms with van der Waals surface area (Å²) in [4.78, 5) is 35.5. The van der Waals surface area contributed by atoms with Crippen molar-refractivity contribution in [1.82, 2.24) is 15.2 Å². The first-order valence-electron chi connectivity index (χ1n) is 8.26. The SMILES string of the molecule is CC(C)C(NC(=O)c1cc2cc(Cl)ccc2n1C)C(=O)NCCC(=O)O. The van der Waals surface area contributed by atoms with Crippen LogP contribution in [0.2, 0.25) is 5.02 Å². The molecule has 0 aliphatic rings. The molecule has 0 spiro atoms. The number of aromatic nitrogens is 1. The minimum Gasteiger partial charge on any atom is -0.481 e. The molecule has 3 N–H and O–H groups in total. The molecule has 0 bridgehead atoms. The van der Waals surface area contributed by atoms with Crippen LogP contribution in [0.15, 0.2) is 24.3 Å². The molecular weight excluding hydrogens is 358 g/mol. The molecule has 1 heterocycles. The number of carbonyl (C=O) groups excluding carboxylic acids is 2. The molecule has 0 aliphatic heterocycles. The quantitative estimate of drug-likeness (QED) is 0.686. The molecular formula is C18H22ClN3O4. The van der Waals surface area contributed by atoms with Gasteiger partial charge < -0.3 is 20.3 Å². The van der Waals surface area contributed by atoms with Gasteiger partial charge in [-0.2, -0.15) is 0 Å². The summed E-state index contributed by atoms with van der Waals surface area (Å²) >= 11 is 5.99. The lowest BCUT2D eigenvalue weighted by atomic mass is 10.0. The first-order valence-corrected chi connectivity index (χ1v) is 8.64. The predicted molar refractivity (Wildman–Crippen MR) is 99.3 cm³/mol. The van der Waals surface area contributed by atoms with Crippen LogP contribution in [0.3, 0.4) is 0 Å². The van der Waals surface area contributed by atoms with Crippen LogP contribution in [-0.4, -0.2) is 40.0 Å². The van der Waals surface area contributed by atoms with Crippen molar-refractivity contribution in [2.75, 3.05) is 6.54 Å². The van der Waals surface area contributed by atoms with Crippen LogP contribution in [0.5, 0.6) is 0 Å². The number of rotatable bonds is 7. The zero-order chi connectivity index (χ0) is 19.4. The number of carboxylic acids is 1. The van der Waals surface area contributed by atoms with E-state index < -0.39 is 17.9 Å². The average molecular weight is 380 g/mol. The van der Waals surface area contributed by atoms with Gasteiger partial charge in [-0.25, -0.2) is 0 Å². The fourth-order valence-corrected chi connectivity index (χ4v) is 2.87. The van der Waals surface area contributed by atoms with Crippen molar-refractivity contribution in [2.24, 2.45) is 13.0 Å². The van der Waals surface area contributed by atoms with E-state index in [9.17, 15) is 14.4 Å². The molecule has 1 unspecified atom stereocenters. The van der Waals surface area contributed by atoms with Crippen molar-refractivity contribution in [1.29, 1.82) is 0 Å². The monoisotopic (exact) mass is 379 g/mol. The van der Waals surface area contributed by atoms with Crippen molar-refractivity contribution < 1.29 is 19.5 Å². The number of fused-ring (bicyclic) bond motifs is 1. The zero-order valence-electron chi connectivity index (χ0n) is 14.9. The van der Waals surface area contributed by atoms with Crippen molar-refractivity contribution in [3.63, 3.8) is 0 Å². The molecule has 0 saturated carbocycles. The van der Waals surface area contributed by atoms with E-state index in [1.165, 1.54) is 0 Å². The van der Waals surface area contributed by atoms with E-state index in [1.807, 2.05) is 19.9 Å². The minimum atomic E-state index is -0.996. The number of benzene rings is 1. The van der Waals surface area contributed by atoms with E-state index in [4.69, 9.17) is 16.7 Å². The second kappa shape index (κ2) is 8.23. The highest BCUT2D eigenvalue weighted by atomic mass is 35.5. The molecule has 2 amide bonds. The van der Waals surface area contributed by atoms with E-state index in [1.54, 1.807) is 29.8 Å². The molecule has 0 saturated heterocycles. The molecule has 0 aliphatic carbocycles. The van der Waals surface area contributed by atoms with E-state index in [-0.39, 0.29) is 24.8 Å². The summed E-state index contributed by atoms with van der Waals surface area (Å²) < 4.78 is 1.74. The summed E-state index contributed by atoms with van der Waals surface area (Å²) in [5.41, 5.74) is 1.26. The zero-order valence-corrected chi connectivity index (χ0v) is 15.6. The maximum absolute atomic E-state index is 12.7. The van der Waals surface area contributed by atoms with E-state index in [0.717, 1.165) is 10.9 Å². The largest absolute Gasteiger partial charge is 0.481 e. The highest BCUT2D eigenvalue weighted by Crippen LogP contribution is 2.22. The summed E-state index contributed by atoms with van der Waals surface area (Å²) in [7, 11) is 1.77. The Morgan fingerprint density at radius 2 is 1.92 bits per heavy atom. The maximum Gasteiger partial charge on any atom is 0.305 e. The van der Waals surface area contributed by atoms with Gasteiger partial charge in [0.25, 0.3) is 5.91 Å². The average Bonchev–Trinajstić information content (AvgIpc) is 2.87. The first-order chi connectivity index (χ1) is 12.2. The number of carboxylic acid groups (broad SMARTS) is 1. The number of hydrogen-bond acceptors (Lipinski definition) is 3. The Balaban J connectivity index is 2.16. The summed E-state index contributed by atoms with van der Waals surface area (Å²) in [6.45, 7) is 3.63. The van der Waals surface area contributed by atoms with Gasteiger partial charge in [-0.05, 0) is 30.2 Å². The maximum atomic E-state index is 12.7. The van der Waals surface area contributed by atoms with Gasteiger partial charge in [-0.15, -0.1) is 0 Å². The van der Waals surface area contributed by atoms with Crippen molar-refractivity contribution in [2.45, 2.75) is 26.3 Å². The van der Waals surface area contributed by atoms with E-state index in [2.05, 4.69) is 10.6 Å². The van der Waals surface area contributed by atoms with Gasteiger partial charge in [0.2, 0.25) is 5.91 Å². The molecule has 7 nitrogen and oxygen atoms in total. The Kier molecular flexibility index (Phi) is 6.26. The Hall–Kier alpha value is -2.54. The lowest BCUT2D eigenvalue weighted by Crippen LogP contribution is -2.50. The number of aryl methyl sites for hydroxylation is 1. The first kappa shape index (κ1) is 19.8. The standard InChI is InChI=1S/C18H22ClN3O4/c1-10(2)16(18(26)20-7-6-15(23)24)21-17(25)14-9-11-8-12(19)4-5-13(11)22(14)3/h4-5,8-10,16H,6-7H2,1-3H3,(H,20,26)(H,21,25)(H,23,24). The highest BCUT2D eigenvalue weighted by Gasteiger charge is 2.26. The summed E-state index contributed by atoms with van der Waals surface area (Å²) in [5, 5.41) is 15.3. The number of carbonyl (C=O) groups is 3. The topological polar surface area (TPSA) is 100 Å². The van der Waals surface area contributed by atoms with Crippen LogP contribution in [0.4, 0.5) is 0 Å².